The van der Waals surface area contributed by atoms with Crippen LogP contribution in [0.3, 0.4) is 0 Å². The van der Waals surface area contributed by atoms with Crippen molar-refractivity contribution < 1.29 is 4.74 Å². The molecule has 0 saturated carbocycles. The summed E-state index contributed by atoms with van der Waals surface area (Å²) in [7, 11) is 1.71. The molecule has 0 spiro atoms. The van der Waals surface area contributed by atoms with Crippen LogP contribution in [-0.4, -0.2) is 23.5 Å². The van der Waals surface area contributed by atoms with E-state index < -0.39 is 0 Å². The SMILES string of the molecule is C=C[C@H]1CN(Cc2ccccc2)Cc2[nH]c3cc(OC)ccc3c21. The van der Waals surface area contributed by atoms with Crippen molar-refractivity contribution in [2.75, 3.05) is 13.7 Å². The highest BCUT2D eigenvalue weighted by atomic mass is 16.5. The highest BCUT2D eigenvalue weighted by Crippen LogP contribution is 2.36. The molecule has 0 fully saturated rings. The fourth-order valence-electron chi connectivity index (χ4n) is 3.74. The van der Waals surface area contributed by atoms with Gasteiger partial charge in [0, 0.05) is 48.2 Å². The first kappa shape index (κ1) is 15.0. The highest BCUT2D eigenvalue weighted by Gasteiger charge is 2.27. The van der Waals surface area contributed by atoms with Gasteiger partial charge in [-0.3, -0.25) is 4.90 Å². The fourth-order valence-corrected chi connectivity index (χ4v) is 3.74. The molecule has 3 nitrogen and oxygen atoms in total. The molecule has 1 aliphatic rings. The maximum atomic E-state index is 5.36. The second-order valence-electron chi connectivity index (χ2n) is 6.43. The average molecular weight is 318 g/mol. The van der Waals surface area contributed by atoms with Gasteiger partial charge in [0.05, 0.1) is 7.11 Å². The Labute approximate surface area is 142 Å². The number of hydrogen-bond donors (Lipinski definition) is 1. The third kappa shape index (κ3) is 2.61. The molecule has 2 heterocycles. The van der Waals surface area contributed by atoms with Crippen LogP contribution in [0.5, 0.6) is 5.75 Å². The summed E-state index contributed by atoms with van der Waals surface area (Å²) in [6.45, 7) is 6.98. The summed E-state index contributed by atoms with van der Waals surface area (Å²) in [5.41, 5.74) is 5.19. The lowest BCUT2D eigenvalue weighted by atomic mass is 9.91. The minimum atomic E-state index is 0.347. The van der Waals surface area contributed by atoms with Gasteiger partial charge in [-0.2, -0.15) is 0 Å². The first-order valence-corrected chi connectivity index (χ1v) is 8.36. The zero-order valence-electron chi connectivity index (χ0n) is 14.0. The molecule has 122 valence electrons. The molecule has 0 unspecified atom stereocenters. The largest absolute Gasteiger partial charge is 0.497 e. The molecule has 0 aliphatic carbocycles. The van der Waals surface area contributed by atoms with Crippen molar-refractivity contribution in [3.8, 4) is 5.75 Å². The zero-order chi connectivity index (χ0) is 16.5. The molecular weight excluding hydrogens is 296 g/mol. The van der Waals surface area contributed by atoms with E-state index in [1.165, 1.54) is 22.2 Å². The monoisotopic (exact) mass is 318 g/mol. The van der Waals surface area contributed by atoms with E-state index >= 15 is 0 Å². The number of ether oxygens (including phenoxy) is 1. The molecule has 0 bridgehead atoms. The Morgan fingerprint density at radius 2 is 2.08 bits per heavy atom. The Bertz CT molecular complexity index is 866. The number of fused-ring (bicyclic) bond motifs is 3. The van der Waals surface area contributed by atoms with Gasteiger partial charge in [0.2, 0.25) is 0 Å². The summed E-state index contributed by atoms with van der Waals surface area (Å²) in [5.74, 6) is 1.23. The predicted octanol–water partition coefficient (Wildman–Crippen LogP) is 4.46. The average Bonchev–Trinajstić information content (AvgIpc) is 2.99. The van der Waals surface area contributed by atoms with Gasteiger partial charge in [-0.05, 0) is 23.3 Å². The van der Waals surface area contributed by atoms with E-state index in [9.17, 15) is 0 Å². The summed E-state index contributed by atoms with van der Waals surface area (Å²) in [4.78, 5) is 6.08. The lowest BCUT2D eigenvalue weighted by molar-refractivity contribution is 0.232. The van der Waals surface area contributed by atoms with Crippen LogP contribution in [0.4, 0.5) is 0 Å². The molecule has 2 aromatic carbocycles. The number of benzene rings is 2. The number of nitrogens with zero attached hydrogens (tertiary/aromatic N) is 1. The van der Waals surface area contributed by atoms with E-state index in [1.54, 1.807) is 7.11 Å². The van der Waals surface area contributed by atoms with E-state index in [0.717, 1.165) is 30.9 Å². The number of H-pyrrole nitrogens is 1. The van der Waals surface area contributed by atoms with Gasteiger partial charge in [0.1, 0.15) is 5.75 Å². The van der Waals surface area contributed by atoms with Crippen LogP contribution in [-0.2, 0) is 13.1 Å². The van der Waals surface area contributed by atoms with E-state index in [-0.39, 0.29) is 0 Å². The lowest BCUT2D eigenvalue weighted by Gasteiger charge is -2.31. The minimum absolute atomic E-state index is 0.347. The van der Waals surface area contributed by atoms with Gasteiger partial charge in [-0.15, -0.1) is 6.58 Å². The maximum absolute atomic E-state index is 5.36. The number of methoxy groups -OCH3 is 1. The predicted molar refractivity (Wildman–Crippen MR) is 98.3 cm³/mol. The zero-order valence-corrected chi connectivity index (χ0v) is 14.0. The Hall–Kier alpha value is -2.52. The van der Waals surface area contributed by atoms with Crippen molar-refractivity contribution in [1.82, 2.24) is 9.88 Å². The third-order valence-electron chi connectivity index (χ3n) is 4.87. The molecule has 4 rings (SSSR count). The van der Waals surface area contributed by atoms with Crippen LogP contribution in [0.25, 0.3) is 10.9 Å². The molecule has 1 N–H and O–H groups in total. The van der Waals surface area contributed by atoms with E-state index in [1.807, 2.05) is 6.07 Å². The number of aromatic nitrogens is 1. The first-order chi connectivity index (χ1) is 11.8. The van der Waals surface area contributed by atoms with Crippen molar-refractivity contribution in [2.24, 2.45) is 0 Å². The highest BCUT2D eigenvalue weighted by molar-refractivity contribution is 5.87. The van der Waals surface area contributed by atoms with Gasteiger partial charge < -0.3 is 9.72 Å². The van der Waals surface area contributed by atoms with Crippen molar-refractivity contribution in [3.05, 3.63) is 78.0 Å². The second kappa shape index (κ2) is 6.17. The summed E-state index contributed by atoms with van der Waals surface area (Å²) < 4.78 is 5.36. The van der Waals surface area contributed by atoms with Gasteiger partial charge in [0.15, 0.2) is 0 Å². The normalized spacial score (nSPS) is 17.6. The fraction of sp³-hybridized carbons (Fsp3) is 0.238. The van der Waals surface area contributed by atoms with Crippen LogP contribution in [0.2, 0.25) is 0 Å². The Kier molecular flexibility index (Phi) is 3.87. The van der Waals surface area contributed by atoms with Gasteiger partial charge in [-0.25, -0.2) is 0 Å². The van der Waals surface area contributed by atoms with Gasteiger partial charge in [0.25, 0.3) is 0 Å². The molecule has 0 saturated heterocycles. The van der Waals surface area contributed by atoms with Crippen molar-refractivity contribution in [1.29, 1.82) is 0 Å². The molecule has 1 aliphatic heterocycles. The molecular formula is C21H22N2O. The standard InChI is InChI=1S/C21H22N2O/c1-3-16-13-23(12-15-7-5-4-6-8-15)14-20-21(16)18-10-9-17(24-2)11-19(18)22-20/h3-11,16,22H,1,12-14H2,2H3/t16-/m0/s1. The van der Waals surface area contributed by atoms with E-state index in [2.05, 4.69) is 65.0 Å². The van der Waals surface area contributed by atoms with E-state index in [4.69, 9.17) is 4.74 Å². The summed E-state index contributed by atoms with van der Waals surface area (Å²) in [6, 6.07) is 16.9. The van der Waals surface area contributed by atoms with Crippen LogP contribution in [0, 0.1) is 0 Å². The van der Waals surface area contributed by atoms with Crippen LogP contribution < -0.4 is 4.74 Å². The summed E-state index contributed by atoms with van der Waals surface area (Å²) in [5, 5.41) is 1.29. The summed E-state index contributed by atoms with van der Waals surface area (Å²) >= 11 is 0. The summed E-state index contributed by atoms with van der Waals surface area (Å²) in [6.07, 6.45) is 2.08. The molecule has 3 heteroatoms. The van der Waals surface area contributed by atoms with Crippen molar-refractivity contribution in [2.45, 2.75) is 19.0 Å². The van der Waals surface area contributed by atoms with E-state index in [0.29, 0.717) is 5.92 Å². The Balaban J connectivity index is 1.69. The minimum Gasteiger partial charge on any atom is -0.497 e. The molecule has 0 radical (unpaired) electrons. The lowest BCUT2D eigenvalue weighted by Crippen LogP contribution is -2.32. The molecule has 1 aromatic heterocycles. The maximum Gasteiger partial charge on any atom is 0.120 e. The number of rotatable bonds is 4. The molecule has 1 atom stereocenters. The molecule has 3 aromatic rings. The van der Waals surface area contributed by atoms with Gasteiger partial charge >= 0.3 is 0 Å². The number of nitrogens with one attached hydrogen (secondary N) is 1. The van der Waals surface area contributed by atoms with Crippen LogP contribution >= 0.6 is 0 Å². The van der Waals surface area contributed by atoms with Crippen LogP contribution in [0.1, 0.15) is 22.7 Å². The molecule has 0 amide bonds. The van der Waals surface area contributed by atoms with Crippen molar-refractivity contribution in [3.63, 3.8) is 0 Å². The Morgan fingerprint density at radius 3 is 2.83 bits per heavy atom. The quantitative estimate of drug-likeness (QED) is 0.719. The number of hydrogen-bond acceptors (Lipinski definition) is 2. The second-order valence-corrected chi connectivity index (χ2v) is 6.43. The first-order valence-electron chi connectivity index (χ1n) is 8.36. The Morgan fingerprint density at radius 1 is 1.25 bits per heavy atom. The topological polar surface area (TPSA) is 28.3 Å². The third-order valence-corrected chi connectivity index (χ3v) is 4.87. The smallest absolute Gasteiger partial charge is 0.120 e. The molecule has 24 heavy (non-hydrogen) atoms. The van der Waals surface area contributed by atoms with Gasteiger partial charge in [-0.1, -0.05) is 36.4 Å². The van der Waals surface area contributed by atoms with Crippen molar-refractivity contribution >= 4 is 10.9 Å². The van der Waals surface area contributed by atoms with Crippen LogP contribution in [0.15, 0.2) is 61.2 Å². The number of aromatic amines is 1.